The highest BCUT2D eigenvalue weighted by atomic mass is 35.5. The molecule has 8 nitrogen and oxygen atoms in total. The summed E-state index contributed by atoms with van der Waals surface area (Å²) >= 11 is 7.27. The normalized spacial score (nSPS) is 10.6. The highest BCUT2D eigenvalue weighted by molar-refractivity contribution is 7.99. The Morgan fingerprint density at radius 2 is 1.84 bits per heavy atom. The predicted molar refractivity (Wildman–Crippen MR) is 127 cm³/mol. The lowest BCUT2D eigenvalue weighted by atomic mass is 10.2. The molecule has 0 aliphatic rings. The van der Waals surface area contributed by atoms with Crippen LogP contribution in [0.15, 0.2) is 47.6 Å². The van der Waals surface area contributed by atoms with Crippen LogP contribution in [0.2, 0.25) is 5.02 Å². The number of nitrogens with zero attached hydrogens (tertiary/aromatic N) is 3. The number of anilines is 2. The maximum atomic E-state index is 12.5. The zero-order chi connectivity index (χ0) is 23.1. The van der Waals surface area contributed by atoms with Gasteiger partial charge in [-0.05, 0) is 43.7 Å². The Morgan fingerprint density at radius 3 is 2.59 bits per heavy atom. The molecule has 0 saturated carbocycles. The first-order chi connectivity index (χ1) is 15.4. The van der Waals surface area contributed by atoms with E-state index in [1.165, 1.54) is 11.8 Å². The van der Waals surface area contributed by atoms with Gasteiger partial charge in [0.2, 0.25) is 11.8 Å². The van der Waals surface area contributed by atoms with Crippen molar-refractivity contribution in [3.63, 3.8) is 0 Å². The fraction of sp³-hybridized carbons (Fsp3) is 0.273. The van der Waals surface area contributed by atoms with Gasteiger partial charge in [0.25, 0.3) is 0 Å². The average molecular weight is 474 g/mol. The lowest BCUT2D eigenvalue weighted by Crippen LogP contribution is -2.18. The lowest BCUT2D eigenvalue weighted by Gasteiger charge is -2.11. The number of carbonyl (C=O) groups is 2. The molecule has 168 valence electrons. The van der Waals surface area contributed by atoms with E-state index >= 15 is 0 Å². The Labute approximate surface area is 195 Å². The molecule has 2 N–H and O–H groups in total. The number of hydrogen-bond acceptors (Lipinski definition) is 6. The highest BCUT2D eigenvalue weighted by Gasteiger charge is 2.17. The van der Waals surface area contributed by atoms with Gasteiger partial charge >= 0.3 is 0 Å². The van der Waals surface area contributed by atoms with Crippen LogP contribution in [-0.4, -0.2) is 39.4 Å². The van der Waals surface area contributed by atoms with Crippen LogP contribution in [0.5, 0.6) is 5.75 Å². The molecule has 1 aromatic heterocycles. The van der Waals surface area contributed by atoms with Crippen LogP contribution in [-0.2, 0) is 22.6 Å². The van der Waals surface area contributed by atoms with Gasteiger partial charge in [0.1, 0.15) is 11.6 Å². The Kier molecular flexibility index (Phi) is 8.13. The monoisotopic (exact) mass is 473 g/mol. The second kappa shape index (κ2) is 11.0. The molecule has 2 aromatic carbocycles. The van der Waals surface area contributed by atoms with E-state index in [-0.39, 0.29) is 24.0 Å². The number of nitrogens with one attached hydrogen (secondary N) is 2. The molecule has 0 atom stereocenters. The number of hydrogen-bond donors (Lipinski definition) is 2. The van der Waals surface area contributed by atoms with Gasteiger partial charge < -0.3 is 19.9 Å². The van der Waals surface area contributed by atoms with E-state index in [9.17, 15) is 9.59 Å². The van der Waals surface area contributed by atoms with Crippen molar-refractivity contribution in [2.75, 3.05) is 23.5 Å². The van der Waals surface area contributed by atoms with Gasteiger partial charge in [-0.2, -0.15) is 0 Å². The highest BCUT2D eigenvalue weighted by Crippen LogP contribution is 2.24. The van der Waals surface area contributed by atoms with Crippen molar-refractivity contribution in [2.24, 2.45) is 0 Å². The summed E-state index contributed by atoms with van der Waals surface area (Å²) in [5.74, 6) is 0.838. The van der Waals surface area contributed by atoms with Crippen molar-refractivity contribution < 1.29 is 14.3 Å². The number of ether oxygens (including phenoxy) is 1. The van der Waals surface area contributed by atoms with E-state index in [0.29, 0.717) is 39.7 Å². The van der Waals surface area contributed by atoms with Crippen molar-refractivity contribution in [3.05, 3.63) is 58.9 Å². The molecule has 32 heavy (non-hydrogen) atoms. The Morgan fingerprint density at radius 1 is 1.09 bits per heavy atom. The van der Waals surface area contributed by atoms with Crippen LogP contribution >= 0.6 is 23.4 Å². The number of aryl methyl sites for hydroxylation is 1. The summed E-state index contributed by atoms with van der Waals surface area (Å²) in [5.41, 5.74) is 2.19. The third kappa shape index (κ3) is 6.02. The molecule has 3 aromatic rings. The molecular formula is C22H24ClN5O3S. The molecule has 0 saturated heterocycles. The summed E-state index contributed by atoms with van der Waals surface area (Å²) in [6.07, 6.45) is 0.0490. The Balaban J connectivity index is 1.61. The Hall–Kier alpha value is -3.04. The maximum Gasteiger partial charge on any atom is 0.234 e. The van der Waals surface area contributed by atoms with Gasteiger partial charge in [-0.1, -0.05) is 41.6 Å². The van der Waals surface area contributed by atoms with Crippen molar-refractivity contribution in [2.45, 2.75) is 32.0 Å². The number of halogens is 1. The predicted octanol–water partition coefficient (Wildman–Crippen LogP) is 4.18. The van der Waals surface area contributed by atoms with E-state index in [1.807, 2.05) is 36.6 Å². The summed E-state index contributed by atoms with van der Waals surface area (Å²) in [7, 11) is 1.55. The second-order valence-electron chi connectivity index (χ2n) is 6.86. The quantitative estimate of drug-likeness (QED) is 0.452. The van der Waals surface area contributed by atoms with Gasteiger partial charge in [-0.25, -0.2) is 0 Å². The van der Waals surface area contributed by atoms with Crippen LogP contribution in [0.3, 0.4) is 0 Å². The Bertz CT molecular complexity index is 1120. The third-order valence-electron chi connectivity index (χ3n) is 4.62. The third-order valence-corrected chi connectivity index (χ3v) is 5.82. The van der Waals surface area contributed by atoms with E-state index in [4.69, 9.17) is 16.3 Å². The minimum Gasteiger partial charge on any atom is -0.495 e. The molecule has 0 unspecified atom stereocenters. The van der Waals surface area contributed by atoms with Crippen LogP contribution in [0, 0.1) is 6.92 Å². The second-order valence-corrected chi connectivity index (χ2v) is 8.24. The smallest absolute Gasteiger partial charge is 0.234 e. The van der Waals surface area contributed by atoms with Gasteiger partial charge in [0.05, 0.1) is 25.0 Å². The molecular weight excluding hydrogens is 450 g/mol. The van der Waals surface area contributed by atoms with Crippen LogP contribution < -0.4 is 15.4 Å². The lowest BCUT2D eigenvalue weighted by molar-refractivity contribution is -0.116. The zero-order valence-corrected chi connectivity index (χ0v) is 19.6. The molecule has 2 amide bonds. The average Bonchev–Trinajstić information content (AvgIpc) is 3.16. The van der Waals surface area contributed by atoms with Crippen molar-refractivity contribution >= 4 is 46.6 Å². The fourth-order valence-electron chi connectivity index (χ4n) is 3.01. The van der Waals surface area contributed by atoms with Gasteiger partial charge in [-0.15, -0.1) is 10.2 Å². The summed E-state index contributed by atoms with van der Waals surface area (Å²) in [6, 6.07) is 12.5. The van der Waals surface area contributed by atoms with Crippen LogP contribution in [0.1, 0.15) is 18.3 Å². The van der Waals surface area contributed by atoms with Crippen molar-refractivity contribution in [1.29, 1.82) is 0 Å². The molecule has 1 heterocycles. The summed E-state index contributed by atoms with van der Waals surface area (Å²) in [5, 5.41) is 15.1. The van der Waals surface area contributed by atoms with E-state index < -0.39 is 0 Å². The SMILES string of the molecule is CCn1c(CC(=O)Nc2ccccc2OC)nnc1SCC(=O)Nc1cc(Cl)ccc1C. The number of thioether (sulfide) groups is 1. The number of carbonyl (C=O) groups excluding carboxylic acids is 2. The number of amides is 2. The van der Waals surface area contributed by atoms with E-state index in [0.717, 1.165) is 5.56 Å². The topological polar surface area (TPSA) is 98.1 Å². The van der Waals surface area contributed by atoms with Crippen LogP contribution in [0.4, 0.5) is 11.4 Å². The van der Waals surface area contributed by atoms with E-state index in [1.54, 1.807) is 31.4 Å². The molecule has 0 spiro atoms. The summed E-state index contributed by atoms with van der Waals surface area (Å²) in [6.45, 7) is 4.40. The van der Waals surface area contributed by atoms with Gasteiger partial charge in [0.15, 0.2) is 5.16 Å². The first-order valence-electron chi connectivity index (χ1n) is 9.95. The molecule has 10 heteroatoms. The molecule has 0 fully saturated rings. The fourth-order valence-corrected chi connectivity index (χ4v) is 4.00. The molecule has 0 radical (unpaired) electrons. The summed E-state index contributed by atoms with van der Waals surface area (Å²) in [4.78, 5) is 24.9. The van der Waals surface area contributed by atoms with Crippen LogP contribution in [0.25, 0.3) is 0 Å². The molecule has 0 aliphatic heterocycles. The zero-order valence-electron chi connectivity index (χ0n) is 18.0. The minimum absolute atomic E-state index is 0.0490. The molecule has 0 aliphatic carbocycles. The van der Waals surface area contributed by atoms with E-state index in [2.05, 4.69) is 20.8 Å². The van der Waals surface area contributed by atoms with Gasteiger partial charge in [-0.3, -0.25) is 9.59 Å². The van der Waals surface area contributed by atoms with Crippen molar-refractivity contribution in [1.82, 2.24) is 14.8 Å². The number of para-hydroxylation sites is 2. The maximum absolute atomic E-state index is 12.5. The molecule has 3 rings (SSSR count). The minimum atomic E-state index is -0.234. The largest absolute Gasteiger partial charge is 0.495 e. The summed E-state index contributed by atoms with van der Waals surface area (Å²) < 4.78 is 7.08. The first kappa shape index (κ1) is 23.6. The van der Waals surface area contributed by atoms with Gasteiger partial charge in [0, 0.05) is 17.3 Å². The molecule has 0 bridgehead atoms. The standard InChI is InChI=1S/C22H24ClN5O3S/c1-4-28-19(12-20(29)24-16-7-5-6-8-18(16)31-3)26-27-22(28)32-13-21(30)25-17-11-15(23)10-9-14(17)2/h5-11H,4,12-13H2,1-3H3,(H,24,29)(H,25,30). The number of rotatable bonds is 9. The first-order valence-corrected chi connectivity index (χ1v) is 11.3. The number of benzene rings is 2. The van der Waals surface area contributed by atoms with Crippen molar-refractivity contribution in [3.8, 4) is 5.75 Å². The number of aromatic nitrogens is 3. The number of methoxy groups -OCH3 is 1.